The lowest BCUT2D eigenvalue weighted by molar-refractivity contribution is 0.0686. The molecule has 0 aromatic rings. The second-order valence-electron chi connectivity index (χ2n) is 5.38. The second-order valence-corrected chi connectivity index (χ2v) is 5.38. The van der Waals surface area contributed by atoms with Crippen molar-refractivity contribution < 1.29 is 4.74 Å². The first-order valence-electron chi connectivity index (χ1n) is 6.80. The highest BCUT2D eigenvalue weighted by molar-refractivity contribution is 4.88. The van der Waals surface area contributed by atoms with Gasteiger partial charge in [0, 0.05) is 32.3 Å². The number of rotatable bonds is 6. The molecule has 2 atom stereocenters. The summed E-state index contributed by atoms with van der Waals surface area (Å²) in [7, 11) is 1.81. The van der Waals surface area contributed by atoms with Gasteiger partial charge in [-0.05, 0) is 39.2 Å². The highest BCUT2D eigenvalue weighted by Crippen LogP contribution is 2.27. The van der Waals surface area contributed by atoms with Gasteiger partial charge >= 0.3 is 0 Å². The molecule has 0 spiro atoms. The summed E-state index contributed by atoms with van der Waals surface area (Å²) in [6.07, 6.45) is 7.26. The predicted molar refractivity (Wildman–Crippen MR) is 66.7 cm³/mol. The van der Waals surface area contributed by atoms with Crippen LogP contribution >= 0.6 is 0 Å². The predicted octanol–water partition coefficient (Wildman–Crippen LogP) is 1.63. The van der Waals surface area contributed by atoms with Gasteiger partial charge in [-0.15, -0.1) is 0 Å². The van der Waals surface area contributed by atoms with E-state index in [2.05, 4.69) is 17.1 Å². The Bertz CT molecular complexity index is 200. The van der Waals surface area contributed by atoms with Crippen LogP contribution in [0.1, 0.15) is 39.0 Å². The van der Waals surface area contributed by atoms with E-state index < -0.39 is 0 Å². The third kappa shape index (κ3) is 3.72. The van der Waals surface area contributed by atoms with Gasteiger partial charge in [0.05, 0.1) is 6.10 Å². The average molecular weight is 226 g/mol. The van der Waals surface area contributed by atoms with Crippen molar-refractivity contribution in [1.29, 1.82) is 0 Å². The molecule has 3 nitrogen and oxygen atoms in total. The molecule has 2 rings (SSSR count). The fourth-order valence-corrected chi connectivity index (χ4v) is 2.58. The lowest BCUT2D eigenvalue weighted by atomic mass is 10.0. The van der Waals surface area contributed by atoms with Crippen molar-refractivity contribution in [2.45, 2.75) is 57.2 Å². The van der Waals surface area contributed by atoms with E-state index >= 15 is 0 Å². The third-order valence-electron chi connectivity index (χ3n) is 3.82. The Hall–Kier alpha value is -0.120. The topological polar surface area (TPSA) is 24.5 Å². The standard InChI is InChI=1S/C13H26N2O/c1-11(16-2)9-15(13-6-7-13)10-12-5-3-4-8-14-12/h11-14H,3-10H2,1-2H3. The molecule has 1 saturated carbocycles. The van der Waals surface area contributed by atoms with E-state index in [-0.39, 0.29) is 0 Å². The number of hydrogen-bond donors (Lipinski definition) is 1. The molecule has 0 radical (unpaired) electrons. The SMILES string of the molecule is COC(C)CN(CC1CCCCN1)C1CC1. The van der Waals surface area contributed by atoms with Gasteiger partial charge in [0.25, 0.3) is 0 Å². The maximum absolute atomic E-state index is 5.39. The first-order chi connectivity index (χ1) is 7.79. The lowest BCUT2D eigenvalue weighted by Crippen LogP contribution is -2.46. The Balaban J connectivity index is 1.77. The van der Waals surface area contributed by atoms with E-state index in [1.165, 1.54) is 45.2 Å². The molecule has 0 bridgehead atoms. The quantitative estimate of drug-likeness (QED) is 0.745. The molecule has 2 aliphatic rings. The second kappa shape index (κ2) is 5.99. The molecule has 1 aliphatic carbocycles. The number of methoxy groups -OCH3 is 1. The minimum Gasteiger partial charge on any atom is -0.380 e. The van der Waals surface area contributed by atoms with Crippen LogP contribution in [-0.4, -0.2) is 49.8 Å². The summed E-state index contributed by atoms with van der Waals surface area (Å²) in [6, 6.07) is 1.57. The van der Waals surface area contributed by atoms with E-state index in [0.29, 0.717) is 6.10 Å². The van der Waals surface area contributed by atoms with Gasteiger partial charge in [0.1, 0.15) is 0 Å². The molecule has 1 heterocycles. The Morgan fingerprint density at radius 1 is 1.31 bits per heavy atom. The molecule has 2 unspecified atom stereocenters. The van der Waals surface area contributed by atoms with Crippen LogP contribution in [0.5, 0.6) is 0 Å². The summed E-state index contributed by atoms with van der Waals surface area (Å²) < 4.78 is 5.39. The van der Waals surface area contributed by atoms with Crippen LogP contribution in [0.25, 0.3) is 0 Å². The molecule has 94 valence electrons. The summed E-state index contributed by atoms with van der Waals surface area (Å²) >= 11 is 0. The zero-order valence-electron chi connectivity index (χ0n) is 10.7. The molecular weight excluding hydrogens is 200 g/mol. The Kier molecular flexibility index (Phi) is 4.62. The molecule has 0 aromatic carbocycles. The van der Waals surface area contributed by atoms with E-state index in [1.807, 2.05) is 7.11 Å². The number of hydrogen-bond acceptors (Lipinski definition) is 3. The van der Waals surface area contributed by atoms with Crippen LogP contribution in [-0.2, 0) is 4.74 Å². The van der Waals surface area contributed by atoms with E-state index in [9.17, 15) is 0 Å². The normalized spacial score (nSPS) is 28.3. The summed E-state index contributed by atoms with van der Waals surface area (Å²) in [4.78, 5) is 2.64. The van der Waals surface area contributed by atoms with Crippen LogP contribution in [0.15, 0.2) is 0 Å². The molecule has 1 aliphatic heterocycles. The monoisotopic (exact) mass is 226 g/mol. The molecule has 0 aromatic heterocycles. The van der Waals surface area contributed by atoms with E-state index in [1.54, 1.807) is 0 Å². The molecule has 3 heteroatoms. The Labute approximate surface area is 99.5 Å². The number of nitrogens with one attached hydrogen (secondary N) is 1. The molecular formula is C13H26N2O. The van der Waals surface area contributed by atoms with Gasteiger partial charge in [-0.1, -0.05) is 6.42 Å². The highest BCUT2D eigenvalue weighted by atomic mass is 16.5. The number of nitrogens with zero attached hydrogens (tertiary/aromatic N) is 1. The van der Waals surface area contributed by atoms with Crippen molar-refractivity contribution in [3.05, 3.63) is 0 Å². The smallest absolute Gasteiger partial charge is 0.0670 e. The average Bonchev–Trinajstić information content (AvgIpc) is 3.13. The first kappa shape index (κ1) is 12.3. The molecule has 0 amide bonds. The van der Waals surface area contributed by atoms with Gasteiger partial charge in [-0.2, -0.15) is 0 Å². The fraction of sp³-hybridized carbons (Fsp3) is 1.00. The number of piperidine rings is 1. The Morgan fingerprint density at radius 3 is 2.69 bits per heavy atom. The molecule has 1 saturated heterocycles. The highest BCUT2D eigenvalue weighted by Gasteiger charge is 2.31. The summed E-state index contributed by atoms with van der Waals surface area (Å²) in [5.41, 5.74) is 0. The number of ether oxygens (including phenoxy) is 1. The zero-order valence-corrected chi connectivity index (χ0v) is 10.7. The van der Waals surface area contributed by atoms with Crippen LogP contribution < -0.4 is 5.32 Å². The minimum atomic E-state index is 0.365. The molecule has 16 heavy (non-hydrogen) atoms. The van der Waals surface area contributed by atoms with E-state index in [4.69, 9.17) is 4.74 Å². The summed E-state index contributed by atoms with van der Waals surface area (Å²) in [6.45, 7) is 5.70. The van der Waals surface area contributed by atoms with Crippen LogP contribution in [0, 0.1) is 0 Å². The van der Waals surface area contributed by atoms with Gasteiger partial charge in [0.2, 0.25) is 0 Å². The largest absolute Gasteiger partial charge is 0.380 e. The molecule has 2 fully saturated rings. The minimum absolute atomic E-state index is 0.365. The van der Waals surface area contributed by atoms with Gasteiger partial charge in [-0.25, -0.2) is 0 Å². The van der Waals surface area contributed by atoms with Crippen molar-refractivity contribution in [2.75, 3.05) is 26.7 Å². The zero-order chi connectivity index (χ0) is 11.4. The Morgan fingerprint density at radius 2 is 2.12 bits per heavy atom. The van der Waals surface area contributed by atoms with Gasteiger partial charge < -0.3 is 10.1 Å². The van der Waals surface area contributed by atoms with Crippen molar-refractivity contribution in [2.24, 2.45) is 0 Å². The summed E-state index contributed by atoms with van der Waals surface area (Å²) in [5, 5.41) is 3.64. The van der Waals surface area contributed by atoms with Crippen molar-refractivity contribution in [1.82, 2.24) is 10.2 Å². The van der Waals surface area contributed by atoms with Crippen LogP contribution in [0.4, 0.5) is 0 Å². The molecule has 1 N–H and O–H groups in total. The van der Waals surface area contributed by atoms with Crippen molar-refractivity contribution in [3.63, 3.8) is 0 Å². The van der Waals surface area contributed by atoms with Crippen LogP contribution in [0.3, 0.4) is 0 Å². The van der Waals surface area contributed by atoms with Crippen molar-refractivity contribution in [3.8, 4) is 0 Å². The third-order valence-corrected chi connectivity index (χ3v) is 3.82. The van der Waals surface area contributed by atoms with E-state index in [0.717, 1.165) is 18.6 Å². The maximum atomic E-state index is 5.39. The lowest BCUT2D eigenvalue weighted by Gasteiger charge is -2.32. The fourth-order valence-electron chi connectivity index (χ4n) is 2.58. The maximum Gasteiger partial charge on any atom is 0.0670 e. The van der Waals surface area contributed by atoms with Gasteiger partial charge in [-0.3, -0.25) is 4.90 Å². The summed E-state index contributed by atoms with van der Waals surface area (Å²) in [5.74, 6) is 0. The van der Waals surface area contributed by atoms with Gasteiger partial charge in [0.15, 0.2) is 0 Å². The first-order valence-corrected chi connectivity index (χ1v) is 6.80. The van der Waals surface area contributed by atoms with Crippen LogP contribution in [0.2, 0.25) is 0 Å². The van der Waals surface area contributed by atoms with Crippen molar-refractivity contribution >= 4 is 0 Å².